The zero-order valence-electron chi connectivity index (χ0n) is 22.6. The second-order valence-corrected chi connectivity index (χ2v) is 10.5. The lowest BCUT2D eigenvalue weighted by molar-refractivity contribution is -0.143. The minimum Gasteiger partial charge on any atom is -0.372 e. The molecule has 1 amide bonds. The van der Waals surface area contributed by atoms with Gasteiger partial charge < -0.3 is 10.2 Å². The molecule has 1 unspecified atom stereocenters. The van der Waals surface area contributed by atoms with Crippen LogP contribution in [0.1, 0.15) is 46.8 Å². The lowest BCUT2D eigenvalue weighted by Crippen LogP contribution is -2.43. The zero-order valence-corrected chi connectivity index (χ0v) is 22.6. The Balaban J connectivity index is 1.40. The van der Waals surface area contributed by atoms with Crippen molar-refractivity contribution in [3.63, 3.8) is 0 Å². The maximum atomic E-state index is 13.7. The second kappa shape index (κ2) is 11.0. The molecule has 7 nitrogen and oxygen atoms in total. The number of hydrogen-bond acceptors (Lipinski definition) is 5. The number of alkyl halides is 6. The molecule has 5 rings (SSSR count). The van der Waals surface area contributed by atoms with Gasteiger partial charge in [0.15, 0.2) is 5.82 Å². The number of hydrogen-bond donors (Lipinski definition) is 1. The summed E-state index contributed by atoms with van der Waals surface area (Å²) in [6, 6.07) is 7.37. The molecule has 0 radical (unpaired) electrons. The Morgan fingerprint density at radius 3 is 2.16 bits per heavy atom. The summed E-state index contributed by atoms with van der Waals surface area (Å²) in [4.78, 5) is 27.8. The number of benzene rings is 2. The number of halogens is 7. The van der Waals surface area contributed by atoms with Gasteiger partial charge in [-0.15, -0.1) is 0 Å². The van der Waals surface area contributed by atoms with Gasteiger partial charge in [0.1, 0.15) is 11.2 Å². The van der Waals surface area contributed by atoms with E-state index in [1.807, 2.05) is 4.90 Å². The summed E-state index contributed by atoms with van der Waals surface area (Å²) >= 11 is 0. The van der Waals surface area contributed by atoms with Crippen LogP contribution in [-0.4, -0.2) is 33.6 Å². The molecule has 0 spiro atoms. The second-order valence-electron chi connectivity index (χ2n) is 10.5. The first-order valence-corrected chi connectivity index (χ1v) is 13.2. The van der Waals surface area contributed by atoms with Crippen LogP contribution in [0.5, 0.6) is 0 Å². The maximum absolute atomic E-state index is 13.7. The number of allylic oxidation sites excluding steroid dienone is 1. The lowest BCUT2D eigenvalue weighted by atomic mass is 9.87. The van der Waals surface area contributed by atoms with Gasteiger partial charge in [-0.25, -0.2) is 9.18 Å². The highest BCUT2D eigenvalue weighted by Crippen LogP contribution is 2.38. The van der Waals surface area contributed by atoms with Gasteiger partial charge >= 0.3 is 18.1 Å². The van der Waals surface area contributed by atoms with Gasteiger partial charge in [0, 0.05) is 32.4 Å². The van der Waals surface area contributed by atoms with E-state index in [0.29, 0.717) is 30.9 Å². The SMILES string of the molecule is Cn1c(C2(C(=O)NCc3cc(C(F)(F)F)cc(C(F)(F)F)c3)C=CC(N3CCC(c4ccc(F)cc4)CC3)=C2)noc1=O. The monoisotopic (exact) mass is 610 g/mol. The number of nitrogens with zero attached hydrogens (tertiary/aromatic N) is 3. The van der Waals surface area contributed by atoms with Crippen molar-refractivity contribution in [2.75, 3.05) is 13.1 Å². The van der Waals surface area contributed by atoms with Crippen LogP contribution in [0.3, 0.4) is 0 Å². The van der Waals surface area contributed by atoms with Crippen LogP contribution in [0.4, 0.5) is 30.7 Å². The van der Waals surface area contributed by atoms with Gasteiger partial charge in [-0.05, 0) is 72.4 Å². The normalized spacial score (nSPS) is 19.5. The summed E-state index contributed by atoms with van der Waals surface area (Å²) in [6.07, 6.45) is -4.00. The van der Waals surface area contributed by atoms with Crippen molar-refractivity contribution < 1.29 is 40.1 Å². The van der Waals surface area contributed by atoms with Crippen LogP contribution in [0.15, 0.2) is 75.7 Å². The molecule has 2 aliphatic rings. The molecule has 228 valence electrons. The highest BCUT2D eigenvalue weighted by atomic mass is 19.4. The van der Waals surface area contributed by atoms with E-state index >= 15 is 0 Å². The number of amides is 1. The van der Waals surface area contributed by atoms with Crippen molar-refractivity contribution in [1.29, 1.82) is 0 Å². The van der Waals surface area contributed by atoms with E-state index in [1.54, 1.807) is 18.2 Å². The summed E-state index contributed by atoms with van der Waals surface area (Å²) in [5, 5.41) is 6.16. The molecule has 43 heavy (non-hydrogen) atoms. The fraction of sp³-hybridized carbons (Fsp3) is 0.345. The van der Waals surface area contributed by atoms with Gasteiger partial charge in [-0.3, -0.25) is 13.9 Å². The molecule has 1 aromatic heterocycles. The average Bonchev–Trinajstić information content (AvgIpc) is 3.55. The van der Waals surface area contributed by atoms with E-state index in [0.717, 1.165) is 23.0 Å². The Labute approximate surface area is 240 Å². The largest absolute Gasteiger partial charge is 0.441 e. The number of carbonyl (C=O) groups is 1. The number of nitrogens with one attached hydrogen (secondary N) is 1. The van der Waals surface area contributed by atoms with Crippen LogP contribution < -0.4 is 11.1 Å². The van der Waals surface area contributed by atoms with Crippen LogP contribution in [-0.2, 0) is 36.2 Å². The van der Waals surface area contributed by atoms with Gasteiger partial charge in [-0.1, -0.05) is 23.4 Å². The molecule has 1 aliphatic heterocycles. The molecule has 1 atom stereocenters. The molecular formula is C29H25F7N4O3. The van der Waals surface area contributed by atoms with E-state index in [2.05, 4.69) is 10.5 Å². The summed E-state index contributed by atoms with van der Waals surface area (Å²) in [6.45, 7) is 0.496. The molecule has 0 bridgehead atoms. The van der Waals surface area contributed by atoms with Crippen molar-refractivity contribution in [3.8, 4) is 0 Å². The van der Waals surface area contributed by atoms with Crippen LogP contribution in [0.25, 0.3) is 0 Å². The number of carbonyl (C=O) groups excluding carboxylic acids is 1. The predicted molar refractivity (Wildman–Crippen MR) is 139 cm³/mol. The quantitative estimate of drug-likeness (QED) is 0.377. The van der Waals surface area contributed by atoms with Gasteiger partial charge in [0.05, 0.1) is 11.1 Å². The molecule has 0 saturated carbocycles. The number of aromatic nitrogens is 2. The minimum absolute atomic E-state index is 0.00591. The first kappa shape index (κ1) is 30.1. The van der Waals surface area contributed by atoms with Gasteiger partial charge in [-0.2, -0.15) is 26.3 Å². The van der Waals surface area contributed by atoms with Crippen molar-refractivity contribution in [2.45, 2.75) is 43.1 Å². The van der Waals surface area contributed by atoms with Crippen molar-refractivity contribution in [1.82, 2.24) is 19.9 Å². The Hall–Kier alpha value is -4.36. The number of likely N-dealkylation sites (tertiary alicyclic amines) is 1. The number of rotatable bonds is 6. The maximum Gasteiger partial charge on any atom is 0.441 e. The first-order chi connectivity index (χ1) is 20.2. The van der Waals surface area contributed by atoms with Crippen molar-refractivity contribution >= 4 is 5.91 Å². The van der Waals surface area contributed by atoms with E-state index in [1.165, 1.54) is 31.3 Å². The van der Waals surface area contributed by atoms with Crippen LogP contribution >= 0.6 is 0 Å². The standard InChI is InChI=1S/C29H25F7N4O3/c1-39-24(38-43-26(39)42)27(25(41)37-16-17-12-20(28(31,32)33)14-21(13-17)29(34,35)36)9-6-23(15-27)40-10-7-19(8-11-40)18-2-4-22(30)5-3-18/h2-6,9,12-15,19H,7-8,10-11,16H2,1H3,(H,37,41). The summed E-state index contributed by atoms with van der Waals surface area (Å²) in [5.74, 6) is -1.96. The third kappa shape index (κ3) is 6.09. The molecule has 1 N–H and O–H groups in total. The zero-order chi connectivity index (χ0) is 31.2. The third-order valence-electron chi connectivity index (χ3n) is 7.74. The Bertz CT molecular complexity index is 1600. The van der Waals surface area contributed by atoms with E-state index in [4.69, 9.17) is 4.52 Å². The van der Waals surface area contributed by atoms with Gasteiger partial charge in [0.25, 0.3) is 0 Å². The number of piperidine rings is 1. The van der Waals surface area contributed by atoms with Crippen molar-refractivity contribution in [2.24, 2.45) is 7.05 Å². The van der Waals surface area contributed by atoms with Crippen molar-refractivity contribution in [3.05, 3.63) is 111 Å². The molecule has 1 saturated heterocycles. The molecule has 2 heterocycles. The molecule has 1 fully saturated rings. The highest BCUT2D eigenvalue weighted by Gasteiger charge is 2.45. The fourth-order valence-electron chi connectivity index (χ4n) is 5.43. The molecule has 14 heteroatoms. The molecule has 1 aliphatic carbocycles. The van der Waals surface area contributed by atoms with Crippen LogP contribution in [0.2, 0.25) is 0 Å². The van der Waals surface area contributed by atoms with E-state index in [9.17, 15) is 40.3 Å². The summed E-state index contributed by atoms with van der Waals surface area (Å²) in [5.41, 5.74) is -3.56. The Morgan fingerprint density at radius 1 is 1.02 bits per heavy atom. The molecule has 3 aromatic rings. The predicted octanol–water partition coefficient (Wildman–Crippen LogP) is 5.44. The lowest BCUT2D eigenvalue weighted by Gasteiger charge is -2.34. The molecule has 2 aromatic carbocycles. The Kier molecular flexibility index (Phi) is 7.73. The fourth-order valence-corrected chi connectivity index (χ4v) is 5.43. The summed E-state index contributed by atoms with van der Waals surface area (Å²) in [7, 11) is 1.32. The minimum atomic E-state index is -5.05. The smallest absolute Gasteiger partial charge is 0.372 e. The van der Waals surface area contributed by atoms with Crippen LogP contribution in [0, 0.1) is 5.82 Å². The third-order valence-corrected chi connectivity index (χ3v) is 7.74. The Morgan fingerprint density at radius 2 is 1.63 bits per heavy atom. The molecular weight excluding hydrogens is 585 g/mol. The van der Waals surface area contributed by atoms with E-state index < -0.39 is 52.7 Å². The first-order valence-electron chi connectivity index (χ1n) is 13.2. The van der Waals surface area contributed by atoms with E-state index in [-0.39, 0.29) is 23.6 Å². The topological polar surface area (TPSA) is 80.4 Å². The van der Waals surface area contributed by atoms with Gasteiger partial charge in [0.2, 0.25) is 5.91 Å². The average molecular weight is 611 g/mol. The highest BCUT2D eigenvalue weighted by molar-refractivity contribution is 5.93. The summed E-state index contributed by atoms with van der Waals surface area (Å²) < 4.78 is 99.0.